The SMILES string of the molecule is O=S(=O)(CC1CCCN1)N1CC2CCC(C1)O2. The molecule has 3 rings (SSSR count). The van der Waals surface area contributed by atoms with E-state index in [4.69, 9.17) is 4.74 Å². The molecule has 3 aliphatic rings. The smallest absolute Gasteiger partial charge is 0.215 e. The summed E-state index contributed by atoms with van der Waals surface area (Å²) >= 11 is 0. The molecular formula is C11H20N2O3S. The predicted molar refractivity (Wildman–Crippen MR) is 64.3 cm³/mol. The average molecular weight is 260 g/mol. The minimum Gasteiger partial charge on any atom is -0.372 e. The summed E-state index contributed by atoms with van der Waals surface area (Å²) in [7, 11) is -3.10. The van der Waals surface area contributed by atoms with Gasteiger partial charge in [0.15, 0.2) is 0 Å². The summed E-state index contributed by atoms with van der Waals surface area (Å²) in [6, 6.07) is 0.153. The number of ether oxygens (including phenoxy) is 1. The fourth-order valence-corrected chi connectivity index (χ4v) is 4.85. The molecular weight excluding hydrogens is 240 g/mol. The Labute approximate surface area is 103 Å². The van der Waals surface area contributed by atoms with Crippen LogP contribution in [-0.4, -0.2) is 56.4 Å². The molecule has 3 aliphatic heterocycles. The molecule has 3 unspecified atom stereocenters. The summed E-state index contributed by atoms with van der Waals surface area (Å²) in [4.78, 5) is 0. The van der Waals surface area contributed by atoms with Gasteiger partial charge in [-0.2, -0.15) is 4.31 Å². The molecule has 0 aromatic carbocycles. The van der Waals surface area contributed by atoms with E-state index >= 15 is 0 Å². The summed E-state index contributed by atoms with van der Waals surface area (Å²) < 4.78 is 31.9. The third kappa shape index (κ3) is 2.50. The Morgan fingerprint density at radius 3 is 2.47 bits per heavy atom. The lowest BCUT2D eigenvalue weighted by atomic mass is 10.2. The Balaban J connectivity index is 1.65. The van der Waals surface area contributed by atoms with Gasteiger partial charge in [0.1, 0.15) is 0 Å². The zero-order chi connectivity index (χ0) is 11.9. The van der Waals surface area contributed by atoms with E-state index < -0.39 is 10.0 Å². The maximum atomic E-state index is 12.3. The van der Waals surface area contributed by atoms with Gasteiger partial charge >= 0.3 is 0 Å². The summed E-state index contributed by atoms with van der Waals surface area (Å²) in [5.41, 5.74) is 0. The van der Waals surface area contributed by atoms with Crippen molar-refractivity contribution in [3.05, 3.63) is 0 Å². The Morgan fingerprint density at radius 1 is 1.18 bits per heavy atom. The van der Waals surface area contributed by atoms with Crippen molar-refractivity contribution in [1.82, 2.24) is 9.62 Å². The molecule has 2 bridgehead atoms. The molecule has 1 N–H and O–H groups in total. The van der Waals surface area contributed by atoms with Crippen molar-refractivity contribution in [1.29, 1.82) is 0 Å². The van der Waals surface area contributed by atoms with E-state index in [1.54, 1.807) is 4.31 Å². The van der Waals surface area contributed by atoms with Crippen LogP contribution in [0.5, 0.6) is 0 Å². The number of hydrogen-bond donors (Lipinski definition) is 1. The maximum Gasteiger partial charge on any atom is 0.215 e. The lowest BCUT2D eigenvalue weighted by Gasteiger charge is -2.32. The fraction of sp³-hybridized carbons (Fsp3) is 1.00. The molecule has 3 saturated heterocycles. The van der Waals surface area contributed by atoms with Crippen LogP contribution in [0.1, 0.15) is 25.7 Å². The minimum absolute atomic E-state index is 0.139. The van der Waals surface area contributed by atoms with Crippen LogP contribution in [0.15, 0.2) is 0 Å². The molecule has 6 heteroatoms. The second-order valence-electron chi connectivity index (χ2n) is 5.35. The van der Waals surface area contributed by atoms with E-state index in [-0.39, 0.29) is 24.0 Å². The highest BCUT2D eigenvalue weighted by Gasteiger charge is 2.39. The monoisotopic (exact) mass is 260 g/mol. The van der Waals surface area contributed by atoms with Crippen molar-refractivity contribution in [2.75, 3.05) is 25.4 Å². The first-order valence-electron chi connectivity index (χ1n) is 6.50. The minimum atomic E-state index is -3.10. The molecule has 3 heterocycles. The van der Waals surface area contributed by atoms with Crippen molar-refractivity contribution >= 4 is 10.0 Å². The third-order valence-electron chi connectivity index (χ3n) is 3.98. The van der Waals surface area contributed by atoms with Crippen LogP contribution in [0.2, 0.25) is 0 Å². The van der Waals surface area contributed by atoms with Crippen LogP contribution in [0.25, 0.3) is 0 Å². The van der Waals surface area contributed by atoms with Crippen molar-refractivity contribution in [2.24, 2.45) is 0 Å². The molecule has 17 heavy (non-hydrogen) atoms. The molecule has 0 spiro atoms. The maximum absolute atomic E-state index is 12.3. The molecule has 3 fully saturated rings. The van der Waals surface area contributed by atoms with Crippen molar-refractivity contribution in [2.45, 2.75) is 43.9 Å². The standard InChI is InChI=1S/C11H20N2O3S/c14-17(15,8-9-2-1-5-12-9)13-6-10-3-4-11(7-13)16-10/h9-12H,1-8H2. The quantitative estimate of drug-likeness (QED) is 0.772. The van der Waals surface area contributed by atoms with E-state index in [2.05, 4.69) is 5.32 Å². The van der Waals surface area contributed by atoms with Crippen LogP contribution in [-0.2, 0) is 14.8 Å². The lowest BCUT2D eigenvalue weighted by Crippen LogP contribution is -2.48. The Hall–Kier alpha value is -0.170. The van der Waals surface area contributed by atoms with Crippen LogP contribution in [0, 0.1) is 0 Å². The molecule has 3 atom stereocenters. The van der Waals surface area contributed by atoms with Gasteiger partial charge in [-0.25, -0.2) is 8.42 Å². The summed E-state index contributed by atoms with van der Waals surface area (Å²) in [5.74, 6) is 0.256. The first kappa shape index (κ1) is 11.9. The summed E-state index contributed by atoms with van der Waals surface area (Å²) in [6.07, 6.45) is 4.38. The molecule has 0 aromatic rings. The number of morpholine rings is 1. The first-order chi connectivity index (χ1) is 8.13. The summed E-state index contributed by atoms with van der Waals surface area (Å²) in [5, 5.41) is 3.25. The van der Waals surface area contributed by atoms with Gasteiger partial charge in [0, 0.05) is 19.1 Å². The predicted octanol–water partition coefficient (Wildman–Crippen LogP) is -0.0686. The van der Waals surface area contributed by atoms with Crippen LogP contribution < -0.4 is 5.32 Å². The van der Waals surface area contributed by atoms with Gasteiger partial charge < -0.3 is 10.1 Å². The van der Waals surface area contributed by atoms with E-state index in [1.165, 1.54) is 0 Å². The van der Waals surface area contributed by atoms with Gasteiger partial charge in [-0.1, -0.05) is 0 Å². The first-order valence-corrected chi connectivity index (χ1v) is 8.11. The van der Waals surface area contributed by atoms with Gasteiger partial charge in [-0.3, -0.25) is 0 Å². The number of rotatable bonds is 3. The van der Waals surface area contributed by atoms with Gasteiger partial charge in [-0.15, -0.1) is 0 Å². The fourth-order valence-electron chi connectivity index (χ4n) is 3.06. The van der Waals surface area contributed by atoms with E-state index in [0.29, 0.717) is 13.1 Å². The largest absolute Gasteiger partial charge is 0.372 e. The van der Waals surface area contributed by atoms with E-state index in [9.17, 15) is 8.42 Å². The van der Waals surface area contributed by atoms with Crippen molar-refractivity contribution in [3.8, 4) is 0 Å². The topological polar surface area (TPSA) is 58.6 Å². The molecule has 0 saturated carbocycles. The van der Waals surface area contributed by atoms with Crippen LogP contribution >= 0.6 is 0 Å². The average Bonchev–Trinajstić information content (AvgIpc) is 2.88. The number of nitrogens with one attached hydrogen (secondary N) is 1. The van der Waals surface area contributed by atoms with Gasteiger partial charge in [0.2, 0.25) is 10.0 Å². The van der Waals surface area contributed by atoms with Crippen LogP contribution in [0.4, 0.5) is 0 Å². The molecule has 0 radical (unpaired) electrons. The summed E-state index contributed by atoms with van der Waals surface area (Å²) in [6.45, 7) is 2.08. The zero-order valence-corrected chi connectivity index (χ0v) is 10.8. The number of fused-ring (bicyclic) bond motifs is 2. The Bertz CT molecular complexity index is 366. The lowest BCUT2D eigenvalue weighted by molar-refractivity contribution is -0.0115. The zero-order valence-electron chi connectivity index (χ0n) is 9.97. The Morgan fingerprint density at radius 2 is 1.88 bits per heavy atom. The number of nitrogens with zero attached hydrogens (tertiary/aromatic N) is 1. The molecule has 0 aromatic heterocycles. The highest BCUT2D eigenvalue weighted by molar-refractivity contribution is 7.89. The van der Waals surface area contributed by atoms with Crippen molar-refractivity contribution in [3.63, 3.8) is 0 Å². The van der Waals surface area contributed by atoms with E-state index in [1.807, 2.05) is 0 Å². The Kier molecular flexibility index (Phi) is 3.15. The molecule has 0 amide bonds. The highest BCUT2D eigenvalue weighted by Crippen LogP contribution is 2.28. The molecule has 98 valence electrons. The van der Waals surface area contributed by atoms with Crippen LogP contribution in [0.3, 0.4) is 0 Å². The second kappa shape index (κ2) is 4.50. The second-order valence-corrected chi connectivity index (χ2v) is 7.36. The van der Waals surface area contributed by atoms with Gasteiger partial charge in [0.25, 0.3) is 0 Å². The molecule has 0 aliphatic carbocycles. The number of sulfonamides is 1. The van der Waals surface area contributed by atoms with Gasteiger partial charge in [0.05, 0.1) is 18.0 Å². The van der Waals surface area contributed by atoms with Gasteiger partial charge in [-0.05, 0) is 32.2 Å². The molecule has 5 nitrogen and oxygen atoms in total. The van der Waals surface area contributed by atoms with E-state index in [0.717, 1.165) is 32.2 Å². The highest BCUT2D eigenvalue weighted by atomic mass is 32.2. The third-order valence-corrected chi connectivity index (χ3v) is 5.89. The number of hydrogen-bond acceptors (Lipinski definition) is 4. The van der Waals surface area contributed by atoms with Crippen molar-refractivity contribution < 1.29 is 13.2 Å². The normalized spacial score (nSPS) is 38.7.